The number of fused-ring (bicyclic) bond motifs is 1. The molecular weight excluding hydrogens is 430 g/mol. The largest absolute Gasteiger partial charge is 0.368 e. The van der Waals surface area contributed by atoms with Crippen LogP contribution in [0.15, 0.2) is 30.6 Å². The zero-order valence-corrected chi connectivity index (χ0v) is 17.0. The van der Waals surface area contributed by atoms with Crippen molar-refractivity contribution < 1.29 is 22.4 Å². The first kappa shape index (κ1) is 21.9. The predicted octanol–water partition coefficient (Wildman–Crippen LogP) is 3.83. The maximum Gasteiger partial charge on any atom is 0.281 e. The second-order valence-electron chi connectivity index (χ2n) is 7.70. The van der Waals surface area contributed by atoms with Gasteiger partial charge in [0.25, 0.3) is 18.8 Å². The van der Waals surface area contributed by atoms with Crippen molar-refractivity contribution in [2.24, 2.45) is 0 Å². The summed E-state index contributed by atoms with van der Waals surface area (Å²) < 4.78 is 52.4. The maximum absolute atomic E-state index is 13.0. The van der Waals surface area contributed by atoms with Gasteiger partial charge in [0, 0.05) is 18.3 Å². The Kier molecular flexibility index (Phi) is 6.47. The molecule has 0 spiro atoms. The number of H-pyrrole nitrogens is 1. The van der Waals surface area contributed by atoms with Crippen molar-refractivity contribution in [1.29, 1.82) is 0 Å². The molecule has 0 radical (unpaired) electrons. The molecule has 0 saturated heterocycles. The first-order chi connectivity index (χ1) is 15.4. The minimum Gasteiger partial charge on any atom is -0.368 e. The lowest BCUT2D eigenvalue weighted by Gasteiger charge is -2.30. The van der Waals surface area contributed by atoms with Crippen LogP contribution in [0.3, 0.4) is 0 Å². The summed E-state index contributed by atoms with van der Waals surface area (Å²) in [5, 5.41) is 15.1. The van der Waals surface area contributed by atoms with Crippen LogP contribution < -0.4 is 16.0 Å². The van der Waals surface area contributed by atoms with Crippen LogP contribution in [0.5, 0.6) is 0 Å². The van der Waals surface area contributed by atoms with E-state index in [9.17, 15) is 22.4 Å². The number of hydrogen-bond acceptors (Lipinski definition) is 5. The normalized spacial score (nSPS) is 18.9. The zero-order chi connectivity index (χ0) is 22.7. The summed E-state index contributed by atoms with van der Waals surface area (Å²) in [6.07, 6.45) is 0.399. The average molecular weight is 453 g/mol. The maximum atomic E-state index is 13.0. The van der Waals surface area contributed by atoms with Gasteiger partial charge in [-0.1, -0.05) is 6.07 Å². The van der Waals surface area contributed by atoms with E-state index in [0.717, 1.165) is 12.8 Å². The number of aromatic amines is 1. The van der Waals surface area contributed by atoms with Crippen molar-refractivity contribution in [2.75, 3.05) is 17.2 Å². The monoisotopic (exact) mass is 453 g/mol. The fraction of sp³-hybridized carbons (Fsp3) is 0.450. The van der Waals surface area contributed by atoms with Gasteiger partial charge >= 0.3 is 0 Å². The molecule has 172 valence electrons. The Bertz CT molecular complexity index is 1060. The summed E-state index contributed by atoms with van der Waals surface area (Å²) in [7, 11) is 0. The summed E-state index contributed by atoms with van der Waals surface area (Å²) >= 11 is 0. The van der Waals surface area contributed by atoms with E-state index in [2.05, 4.69) is 31.1 Å². The van der Waals surface area contributed by atoms with Gasteiger partial charge in [-0.3, -0.25) is 14.3 Å². The number of rotatable bonds is 8. The number of amides is 1. The Labute approximate surface area is 180 Å². The Morgan fingerprint density at radius 2 is 1.91 bits per heavy atom. The quantitative estimate of drug-likeness (QED) is 0.389. The van der Waals surface area contributed by atoms with Crippen molar-refractivity contribution in [2.45, 2.75) is 50.6 Å². The van der Waals surface area contributed by atoms with E-state index in [0.29, 0.717) is 24.3 Å². The van der Waals surface area contributed by atoms with Crippen LogP contribution >= 0.6 is 0 Å². The van der Waals surface area contributed by atoms with Gasteiger partial charge < -0.3 is 16.0 Å². The molecule has 32 heavy (non-hydrogen) atoms. The van der Waals surface area contributed by atoms with Gasteiger partial charge in [-0.05, 0) is 37.8 Å². The number of carbonyl (C=O) groups is 1. The third-order valence-corrected chi connectivity index (χ3v) is 5.47. The third kappa shape index (κ3) is 4.94. The highest BCUT2D eigenvalue weighted by molar-refractivity contribution is 5.98. The summed E-state index contributed by atoms with van der Waals surface area (Å²) in [6.45, 7) is -0.582. The molecule has 0 atom stereocenters. The number of pyridine rings is 1. The van der Waals surface area contributed by atoms with Crippen LogP contribution in [-0.2, 0) is 0 Å². The molecule has 3 aromatic heterocycles. The smallest absolute Gasteiger partial charge is 0.281 e. The molecule has 1 saturated carbocycles. The van der Waals surface area contributed by atoms with Gasteiger partial charge in [-0.15, -0.1) is 0 Å². The Morgan fingerprint density at radius 1 is 1.16 bits per heavy atom. The van der Waals surface area contributed by atoms with Crippen molar-refractivity contribution in [3.05, 3.63) is 41.9 Å². The second kappa shape index (κ2) is 9.45. The van der Waals surface area contributed by atoms with Crippen LogP contribution in [0.2, 0.25) is 0 Å². The summed E-state index contributed by atoms with van der Waals surface area (Å²) in [4.78, 5) is 16.5. The van der Waals surface area contributed by atoms with Crippen LogP contribution in [0.25, 0.3) is 5.65 Å². The lowest BCUT2D eigenvalue weighted by atomic mass is 9.91. The highest BCUT2D eigenvalue weighted by Crippen LogP contribution is 2.25. The van der Waals surface area contributed by atoms with Crippen LogP contribution in [-0.4, -0.2) is 50.5 Å². The van der Waals surface area contributed by atoms with Gasteiger partial charge in [-0.2, -0.15) is 5.10 Å². The summed E-state index contributed by atoms with van der Waals surface area (Å²) in [6, 6.07) is 5.29. The number of imidazole rings is 1. The lowest BCUT2D eigenvalue weighted by molar-refractivity contribution is 0.0927. The molecule has 0 bridgehead atoms. The van der Waals surface area contributed by atoms with Crippen molar-refractivity contribution in [1.82, 2.24) is 24.9 Å². The van der Waals surface area contributed by atoms with E-state index in [1.54, 1.807) is 16.5 Å². The van der Waals surface area contributed by atoms with Gasteiger partial charge in [-0.25, -0.2) is 22.5 Å². The Morgan fingerprint density at radius 3 is 2.62 bits per heavy atom. The number of carbonyl (C=O) groups excluding carboxylic acids is 1. The molecule has 0 unspecified atom stereocenters. The summed E-state index contributed by atoms with van der Waals surface area (Å²) in [5.74, 6) is 0.465. The molecule has 1 fully saturated rings. The molecule has 1 aliphatic rings. The average Bonchev–Trinajstić information content (AvgIpc) is 3.41. The van der Waals surface area contributed by atoms with Crippen molar-refractivity contribution in [3.63, 3.8) is 0 Å². The van der Waals surface area contributed by atoms with Crippen LogP contribution in [0.4, 0.5) is 29.2 Å². The Hall–Kier alpha value is -3.31. The molecule has 3 heterocycles. The van der Waals surface area contributed by atoms with Crippen LogP contribution in [0, 0.1) is 0 Å². The Balaban J connectivity index is 1.32. The van der Waals surface area contributed by atoms with E-state index in [1.807, 2.05) is 6.07 Å². The topological polar surface area (TPSA) is 99.1 Å². The SMILES string of the molecule is O=C(NC1CCC(Nc2cccc3nc(C(F)F)cn23)CC1)c1cn[nH]c1NCC(F)F. The second-order valence-corrected chi connectivity index (χ2v) is 7.70. The molecule has 1 amide bonds. The fourth-order valence-electron chi connectivity index (χ4n) is 3.88. The third-order valence-electron chi connectivity index (χ3n) is 5.47. The number of nitrogens with one attached hydrogen (secondary N) is 4. The van der Waals surface area contributed by atoms with E-state index < -0.39 is 19.4 Å². The standard InChI is InChI=1S/C20H23F4N7O/c21-15(22)9-25-19-13(8-26-30-19)20(32)28-12-6-4-11(5-7-12)27-16-2-1-3-17-29-14(18(23)24)10-31(16)17/h1-3,8,10-12,15,18,27H,4-7,9H2,(H,28,32)(H2,25,26,30). The van der Waals surface area contributed by atoms with Crippen molar-refractivity contribution >= 4 is 23.2 Å². The first-order valence-corrected chi connectivity index (χ1v) is 10.3. The molecule has 4 rings (SSSR count). The van der Waals surface area contributed by atoms with E-state index in [-0.39, 0.29) is 35.1 Å². The fourth-order valence-corrected chi connectivity index (χ4v) is 3.88. The van der Waals surface area contributed by atoms with E-state index in [1.165, 1.54) is 12.4 Å². The number of halogens is 4. The van der Waals surface area contributed by atoms with Gasteiger partial charge in [0.1, 0.15) is 28.5 Å². The number of nitrogens with zero attached hydrogens (tertiary/aromatic N) is 3. The minimum absolute atomic E-state index is 0.0622. The number of hydrogen-bond donors (Lipinski definition) is 4. The van der Waals surface area contributed by atoms with E-state index >= 15 is 0 Å². The zero-order valence-electron chi connectivity index (χ0n) is 17.0. The number of aromatic nitrogens is 4. The van der Waals surface area contributed by atoms with Crippen LogP contribution in [0.1, 0.15) is 48.2 Å². The number of alkyl halides is 4. The van der Waals surface area contributed by atoms with Gasteiger partial charge in [0.2, 0.25) is 0 Å². The molecule has 1 aliphatic carbocycles. The summed E-state index contributed by atoms with van der Waals surface area (Å²) in [5.41, 5.74) is 0.363. The number of anilines is 2. The lowest BCUT2D eigenvalue weighted by Crippen LogP contribution is -2.40. The molecule has 3 aromatic rings. The first-order valence-electron chi connectivity index (χ1n) is 10.3. The molecule has 12 heteroatoms. The van der Waals surface area contributed by atoms with Gasteiger partial charge in [0.05, 0.1) is 12.7 Å². The molecule has 0 aliphatic heterocycles. The minimum atomic E-state index is -2.64. The van der Waals surface area contributed by atoms with Crippen molar-refractivity contribution in [3.8, 4) is 0 Å². The molecule has 4 N–H and O–H groups in total. The highest BCUT2D eigenvalue weighted by atomic mass is 19.3. The molecule has 8 nitrogen and oxygen atoms in total. The molecular formula is C20H23F4N7O. The molecule has 0 aromatic carbocycles. The highest BCUT2D eigenvalue weighted by Gasteiger charge is 2.25. The van der Waals surface area contributed by atoms with E-state index in [4.69, 9.17) is 0 Å². The van der Waals surface area contributed by atoms with Gasteiger partial charge in [0.15, 0.2) is 0 Å². The predicted molar refractivity (Wildman–Crippen MR) is 110 cm³/mol.